The van der Waals surface area contributed by atoms with Crippen LogP contribution in [-0.4, -0.2) is 45.2 Å². The zero-order chi connectivity index (χ0) is 22.0. The molecule has 1 aliphatic carbocycles. The molecule has 0 saturated carbocycles. The van der Waals surface area contributed by atoms with Crippen molar-refractivity contribution in [2.45, 2.75) is 33.1 Å². The van der Waals surface area contributed by atoms with E-state index in [9.17, 15) is 14.4 Å². The van der Waals surface area contributed by atoms with Crippen molar-refractivity contribution >= 4 is 17.7 Å². The van der Waals surface area contributed by atoms with E-state index in [2.05, 4.69) is 5.32 Å². The summed E-state index contributed by atoms with van der Waals surface area (Å²) in [5.41, 5.74) is 1.91. The molecule has 0 radical (unpaired) electrons. The Labute approximate surface area is 175 Å². The number of ketones is 1. The number of dihydropyridines is 1. The fourth-order valence-electron chi connectivity index (χ4n) is 4.14. The molecule has 0 unspecified atom stereocenters. The van der Waals surface area contributed by atoms with Crippen molar-refractivity contribution in [1.29, 1.82) is 0 Å². The van der Waals surface area contributed by atoms with Gasteiger partial charge < -0.3 is 23.9 Å². The molecule has 0 amide bonds. The van der Waals surface area contributed by atoms with Gasteiger partial charge in [-0.05, 0) is 38.3 Å². The molecule has 0 spiro atoms. The van der Waals surface area contributed by atoms with E-state index in [4.69, 9.17) is 18.6 Å². The lowest BCUT2D eigenvalue weighted by atomic mass is 9.70. The third kappa shape index (κ3) is 3.92. The Balaban J connectivity index is 2.08. The Morgan fingerprint density at radius 3 is 2.53 bits per heavy atom. The maximum Gasteiger partial charge on any atom is 0.336 e. The van der Waals surface area contributed by atoms with Gasteiger partial charge in [-0.1, -0.05) is 6.92 Å². The molecule has 0 bridgehead atoms. The van der Waals surface area contributed by atoms with Crippen LogP contribution >= 0.6 is 0 Å². The van der Waals surface area contributed by atoms with E-state index in [1.165, 1.54) is 14.2 Å². The van der Waals surface area contributed by atoms with Crippen molar-refractivity contribution in [2.75, 3.05) is 27.4 Å². The first kappa shape index (κ1) is 21.8. The highest BCUT2D eigenvalue weighted by molar-refractivity contribution is 6.12. The fraction of sp³-hybridized carbons (Fsp3) is 0.500. The van der Waals surface area contributed by atoms with Crippen LogP contribution in [0.15, 0.2) is 39.1 Å². The van der Waals surface area contributed by atoms with E-state index in [-0.39, 0.29) is 30.5 Å². The number of nitrogens with one attached hydrogen (secondary N) is 1. The van der Waals surface area contributed by atoms with Gasteiger partial charge in [0, 0.05) is 24.1 Å². The van der Waals surface area contributed by atoms with Crippen molar-refractivity contribution in [2.24, 2.45) is 11.8 Å². The second-order valence-electron chi connectivity index (χ2n) is 7.61. The lowest BCUT2D eigenvalue weighted by Crippen LogP contribution is -2.43. The van der Waals surface area contributed by atoms with Crippen LogP contribution in [0.5, 0.6) is 0 Å². The van der Waals surface area contributed by atoms with Crippen molar-refractivity contribution in [3.05, 3.63) is 46.2 Å². The number of hydrogen-bond acceptors (Lipinski definition) is 8. The number of aryl methyl sites for hydroxylation is 1. The summed E-state index contributed by atoms with van der Waals surface area (Å²) in [7, 11) is 2.78. The maximum atomic E-state index is 13.5. The van der Waals surface area contributed by atoms with Crippen molar-refractivity contribution in [1.82, 2.24) is 5.32 Å². The lowest BCUT2D eigenvalue weighted by molar-refractivity contribution is -0.151. The minimum Gasteiger partial charge on any atom is -0.468 e. The lowest BCUT2D eigenvalue weighted by Gasteiger charge is -2.37. The van der Waals surface area contributed by atoms with Gasteiger partial charge in [-0.2, -0.15) is 0 Å². The number of Topliss-reactive ketones (excluding diaryl/α,β-unsaturated/α-hetero) is 1. The van der Waals surface area contributed by atoms with Crippen molar-refractivity contribution in [3.63, 3.8) is 0 Å². The highest BCUT2D eigenvalue weighted by Gasteiger charge is 2.48. The largest absolute Gasteiger partial charge is 0.468 e. The summed E-state index contributed by atoms with van der Waals surface area (Å²) in [6.45, 7) is 5.73. The van der Waals surface area contributed by atoms with Crippen LogP contribution in [0.2, 0.25) is 0 Å². The summed E-state index contributed by atoms with van der Waals surface area (Å²) >= 11 is 0. The van der Waals surface area contributed by atoms with Crippen molar-refractivity contribution in [3.8, 4) is 0 Å². The van der Waals surface area contributed by atoms with E-state index in [0.29, 0.717) is 34.9 Å². The molecule has 1 aliphatic heterocycles. The van der Waals surface area contributed by atoms with E-state index in [1.54, 1.807) is 26.0 Å². The van der Waals surface area contributed by atoms with Crippen LogP contribution in [0.4, 0.5) is 0 Å². The van der Waals surface area contributed by atoms with Gasteiger partial charge in [0.1, 0.15) is 24.0 Å². The quantitative estimate of drug-likeness (QED) is 0.427. The molecule has 8 nitrogen and oxygen atoms in total. The zero-order valence-electron chi connectivity index (χ0n) is 17.9. The van der Waals surface area contributed by atoms with Crippen LogP contribution < -0.4 is 5.32 Å². The molecular weight excluding hydrogens is 390 g/mol. The van der Waals surface area contributed by atoms with Gasteiger partial charge in [0.25, 0.3) is 0 Å². The number of carbonyl (C=O) groups excluding carboxylic acids is 3. The molecular formula is C22H27NO7. The highest BCUT2D eigenvalue weighted by atomic mass is 16.6. The van der Waals surface area contributed by atoms with Crippen molar-refractivity contribution < 1.29 is 33.0 Å². The molecule has 0 fully saturated rings. The standard InChI is InChI=1S/C22H27NO7/c1-11-10-14-18(20(24)16(11)21(25)28-5)19(15-7-6-12(2)30-15)17(13(3)23-14)22(26)29-9-8-27-4/h6-7,11,16,19,23H,8-10H2,1-5H3/t11-,16-,19-/m1/s1. The Bertz CT molecular complexity index is 924. The molecule has 8 heteroatoms. The predicted molar refractivity (Wildman–Crippen MR) is 106 cm³/mol. The molecule has 0 aromatic carbocycles. The van der Waals surface area contributed by atoms with Crippen LogP contribution in [0.1, 0.15) is 37.7 Å². The number of esters is 2. The first-order chi connectivity index (χ1) is 14.3. The van der Waals surface area contributed by atoms with Gasteiger partial charge in [-0.3, -0.25) is 9.59 Å². The van der Waals surface area contributed by atoms with Gasteiger partial charge >= 0.3 is 11.9 Å². The topological polar surface area (TPSA) is 104 Å². The molecule has 1 N–H and O–H groups in total. The second kappa shape index (κ2) is 8.87. The summed E-state index contributed by atoms with van der Waals surface area (Å²) in [6.07, 6.45) is 0.473. The third-order valence-corrected chi connectivity index (χ3v) is 5.53. The van der Waals surface area contributed by atoms with E-state index < -0.39 is 23.8 Å². The van der Waals surface area contributed by atoms with Gasteiger partial charge in [0.05, 0.1) is 25.2 Å². The zero-order valence-corrected chi connectivity index (χ0v) is 17.9. The highest BCUT2D eigenvalue weighted by Crippen LogP contribution is 2.45. The minimum absolute atomic E-state index is 0.0810. The Morgan fingerprint density at radius 2 is 1.93 bits per heavy atom. The number of furan rings is 1. The summed E-state index contributed by atoms with van der Waals surface area (Å²) < 4.78 is 21.0. The number of allylic oxidation sites excluding steroid dienone is 3. The summed E-state index contributed by atoms with van der Waals surface area (Å²) in [4.78, 5) is 38.7. The molecule has 3 atom stereocenters. The summed E-state index contributed by atoms with van der Waals surface area (Å²) in [5, 5.41) is 3.20. The van der Waals surface area contributed by atoms with E-state index in [1.807, 2.05) is 6.92 Å². The molecule has 0 saturated heterocycles. The summed E-state index contributed by atoms with van der Waals surface area (Å²) in [6, 6.07) is 3.51. The normalized spacial score (nSPS) is 23.8. The molecule has 3 rings (SSSR count). The van der Waals surface area contributed by atoms with Crippen LogP contribution in [0, 0.1) is 18.8 Å². The number of rotatable bonds is 6. The van der Waals surface area contributed by atoms with Crippen LogP contribution in [-0.2, 0) is 28.6 Å². The molecule has 1 aromatic rings. The number of ether oxygens (including phenoxy) is 3. The average Bonchev–Trinajstić information content (AvgIpc) is 3.12. The first-order valence-electron chi connectivity index (χ1n) is 9.85. The van der Waals surface area contributed by atoms with Gasteiger partial charge in [-0.25, -0.2) is 4.79 Å². The Kier molecular flexibility index (Phi) is 6.45. The molecule has 2 aliphatic rings. The summed E-state index contributed by atoms with van der Waals surface area (Å²) in [5.74, 6) is -2.35. The van der Waals surface area contributed by atoms with Gasteiger partial charge in [-0.15, -0.1) is 0 Å². The maximum absolute atomic E-state index is 13.5. The Morgan fingerprint density at radius 1 is 1.20 bits per heavy atom. The Hall–Kier alpha value is -2.87. The first-order valence-corrected chi connectivity index (χ1v) is 9.85. The second-order valence-corrected chi connectivity index (χ2v) is 7.61. The fourth-order valence-corrected chi connectivity index (χ4v) is 4.14. The van der Waals surface area contributed by atoms with Gasteiger partial charge in [0.15, 0.2) is 5.78 Å². The van der Waals surface area contributed by atoms with E-state index in [0.717, 1.165) is 0 Å². The predicted octanol–water partition coefficient (Wildman–Crippen LogP) is 2.39. The molecule has 162 valence electrons. The minimum atomic E-state index is -0.932. The monoisotopic (exact) mass is 417 g/mol. The SMILES string of the molecule is COCCOC(=O)C1=C(C)NC2=C(C(=O)[C@H](C(=O)OC)[C@H](C)C2)[C@@H]1c1ccc(C)o1. The molecule has 1 aromatic heterocycles. The third-order valence-electron chi connectivity index (χ3n) is 5.53. The van der Waals surface area contributed by atoms with Crippen LogP contribution in [0.25, 0.3) is 0 Å². The number of methoxy groups -OCH3 is 2. The van der Waals surface area contributed by atoms with E-state index >= 15 is 0 Å². The molecule has 2 heterocycles. The van der Waals surface area contributed by atoms with Crippen LogP contribution in [0.3, 0.4) is 0 Å². The van der Waals surface area contributed by atoms with Gasteiger partial charge in [0.2, 0.25) is 0 Å². The number of hydrogen-bond donors (Lipinski definition) is 1. The molecule has 30 heavy (non-hydrogen) atoms. The smallest absolute Gasteiger partial charge is 0.336 e. The average molecular weight is 417 g/mol. The number of carbonyl (C=O) groups is 3.